The van der Waals surface area contributed by atoms with Crippen LogP contribution in [0.3, 0.4) is 0 Å². The van der Waals surface area contributed by atoms with Crippen LogP contribution in [-0.4, -0.2) is 24.7 Å². The number of esters is 1. The molecule has 1 amide bonds. The molecule has 2 aromatic rings. The zero-order valence-corrected chi connectivity index (χ0v) is 16.7. The summed E-state index contributed by atoms with van der Waals surface area (Å²) in [6, 6.07) is 17.7. The molecule has 0 radical (unpaired) electrons. The lowest BCUT2D eigenvalue weighted by molar-refractivity contribution is -0.137. The summed E-state index contributed by atoms with van der Waals surface area (Å²) in [4.78, 5) is 24.3. The molecule has 1 aliphatic rings. The third-order valence-electron chi connectivity index (χ3n) is 4.95. The predicted octanol–water partition coefficient (Wildman–Crippen LogP) is 4.35. The molecule has 1 atom stereocenters. The van der Waals surface area contributed by atoms with Gasteiger partial charge in [-0.25, -0.2) is 9.59 Å². The Morgan fingerprint density at radius 2 is 1.76 bits per heavy atom. The summed E-state index contributed by atoms with van der Waals surface area (Å²) in [7, 11) is 0. The Morgan fingerprint density at radius 1 is 1.03 bits per heavy atom. The van der Waals surface area contributed by atoms with Gasteiger partial charge in [0.2, 0.25) is 0 Å². The largest absolute Gasteiger partial charge is 0.463 e. The predicted molar refractivity (Wildman–Crippen MR) is 111 cm³/mol. The zero-order chi connectivity index (χ0) is 20.5. The third kappa shape index (κ3) is 6.49. The van der Waals surface area contributed by atoms with Crippen LogP contribution in [0.1, 0.15) is 36.5 Å². The molecule has 0 bridgehead atoms. The molecule has 2 aromatic carbocycles. The highest BCUT2D eigenvalue weighted by Crippen LogP contribution is 2.24. The van der Waals surface area contributed by atoms with Crippen molar-refractivity contribution in [3.05, 3.63) is 82.9 Å². The number of carbonyl (C=O) groups excluding carboxylic acids is 2. The van der Waals surface area contributed by atoms with Gasteiger partial charge in [0, 0.05) is 12.1 Å². The van der Waals surface area contributed by atoms with Crippen LogP contribution < -0.4 is 5.32 Å². The van der Waals surface area contributed by atoms with E-state index < -0.39 is 6.09 Å². The van der Waals surface area contributed by atoms with Crippen molar-refractivity contribution in [2.24, 2.45) is 0 Å². The summed E-state index contributed by atoms with van der Waals surface area (Å²) in [5.41, 5.74) is 4.35. The average molecular weight is 393 g/mol. The molecule has 0 aromatic heterocycles. The summed E-state index contributed by atoms with van der Waals surface area (Å²) < 4.78 is 10.4. The van der Waals surface area contributed by atoms with Crippen molar-refractivity contribution < 1.29 is 19.1 Å². The van der Waals surface area contributed by atoms with E-state index in [2.05, 4.69) is 17.4 Å². The summed E-state index contributed by atoms with van der Waals surface area (Å²) >= 11 is 0. The van der Waals surface area contributed by atoms with Gasteiger partial charge >= 0.3 is 12.1 Å². The number of carbonyl (C=O) groups is 2. The molecule has 0 heterocycles. The molecule has 0 saturated heterocycles. The van der Waals surface area contributed by atoms with Crippen molar-refractivity contribution >= 4 is 12.1 Å². The number of alkyl carbamates (subject to hydrolysis) is 1. The fraction of sp³-hybridized carbons (Fsp3) is 0.333. The molecule has 1 N–H and O–H groups in total. The molecule has 0 spiro atoms. The van der Waals surface area contributed by atoms with Crippen LogP contribution in [0.5, 0.6) is 0 Å². The first-order valence-corrected chi connectivity index (χ1v) is 10.0. The van der Waals surface area contributed by atoms with Crippen LogP contribution >= 0.6 is 0 Å². The Labute approximate surface area is 171 Å². The van der Waals surface area contributed by atoms with E-state index in [1.165, 1.54) is 11.1 Å². The Hall–Kier alpha value is -3.08. The number of amides is 1. The minimum absolute atomic E-state index is 0.104. The van der Waals surface area contributed by atoms with Crippen molar-refractivity contribution in [3.8, 4) is 0 Å². The van der Waals surface area contributed by atoms with E-state index in [1.54, 1.807) is 13.0 Å². The number of rotatable bonds is 5. The Balaban J connectivity index is 1.67. The fourth-order valence-corrected chi connectivity index (χ4v) is 3.55. The standard InChI is InChI=1S/C24H27NO4/c1-2-28-23(26)16-19-14-21-11-7-6-10-20(21)12-13-22(15-19)25-24(27)29-17-18-8-4-3-5-9-18/h3-11,16,22H,2,12-15,17H2,1H3,(H,25,27)/b19-16-. The quantitative estimate of drug-likeness (QED) is 0.606. The minimum Gasteiger partial charge on any atom is -0.463 e. The van der Waals surface area contributed by atoms with E-state index in [0.717, 1.165) is 24.0 Å². The first-order valence-electron chi connectivity index (χ1n) is 10.0. The molecule has 0 fully saturated rings. The third-order valence-corrected chi connectivity index (χ3v) is 4.95. The van der Waals surface area contributed by atoms with Crippen molar-refractivity contribution in [3.63, 3.8) is 0 Å². The van der Waals surface area contributed by atoms with Gasteiger partial charge in [-0.15, -0.1) is 0 Å². The summed E-state index contributed by atoms with van der Waals surface area (Å²) in [6.45, 7) is 2.36. The van der Waals surface area contributed by atoms with Gasteiger partial charge in [-0.3, -0.25) is 0 Å². The minimum atomic E-state index is -0.441. The van der Waals surface area contributed by atoms with Gasteiger partial charge in [0.1, 0.15) is 6.61 Å². The monoisotopic (exact) mass is 393 g/mol. The molecule has 29 heavy (non-hydrogen) atoms. The lowest BCUT2D eigenvalue weighted by Gasteiger charge is -2.24. The van der Waals surface area contributed by atoms with Gasteiger partial charge in [-0.2, -0.15) is 0 Å². The lowest BCUT2D eigenvalue weighted by atomic mass is 9.88. The Morgan fingerprint density at radius 3 is 2.52 bits per heavy atom. The first kappa shape index (κ1) is 20.6. The SMILES string of the molecule is CCOC(=O)/C=C1/Cc2ccccc2CCC(NC(=O)OCc2ccccc2)C1. The van der Waals surface area contributed by atoms with Crippen LogP contribution in [0.2, 0.25) is 0 Å². The number of aryl methyl sites for hydroxylation is 1. The van der Waals surface area contributed by atoms with Crippen molar-refractivity contribution in [1.82, 2.24) is 5.32 Å². The highest BCUT2D eigenvalue weighted by atomic mass is 16.5. The van der Waals surface area contributed by atoms with Crippen LogP contribution in [0, 0.1) is 0 Å². The average Bonchev–Trinajstić information content (AvgIpc) is 2.71. The summed E-state index contributed by atoms with van der Waals surface area (Å²) in [6.07, 6.45) is 4.03. The van der Waals surface area contributed by atoms with Gasteiger partial charge in [0.15, 0.2) is 0 Å². The Kier molecular flexibility index (Phi) is 7.45. The van der Waals surface area contributed by atoms with Gasteiger partial charge < -0.3 is 14.8 Å². The highest BCUT2D eigenvalue weighted by molar-refractivity contribution is 5.83. The van der Waals surface area contributed by atoms with Crippen LogP contribution in [0.4, 0.5) is 4.79 Å². The number of hydrogen-bond acceptors (Lipinski definition) is 4. The number of benzene rings is 2. The first-order chi connectivity index (χ1) is 14.1. The highest BCUT2D eigenvalue weighted by Gasteiger charge is 2.20. The molecule has 5 nitrogen and oxygen atoms in total. The van der Waals surface area contributed by atoms with Gasteiger partial charge in [0.05, 0.1) is 6.61 Å². The number of hydrogen-bond donors (Lipinski definition) is 1. The smallest absolute Gasteiger partial charge is 0.407 e. The van der Waals surface area contributed by atoms with Crippen molar-refractivity contribution in [2.45, 2.75) is 45.3 Å². The number of ether oxygens (including phenoxy) is 2. The van der Waals surface area contributed by atoms with Gasteiger partial charge in [0.25, 0.3) is 0 Å². The molecule has 5 heteroatoms. The van der Waals surface area contributed by atoms with Crippen molar-refractivity contribution in [1.29, 1.82) is 0 Å². The van der Waals surface area contributed by atoms with Crippen LogP contribution in [0.25, 0.3) is 0 Å². The second kappa shape index (κ2) is 10.5. The van der Waals surface area contributed by atoms with Crippen LogP contribution in [-0.2, 0) is 33.7 Å². The molecule has 1 aliphatic carbocycles. The zero-order valence-electron chi connectivity index (χ0n) is 16.7. The normalized spacial score (nSPS) is 17.6. The number of fused-ring (bicyclic) bond motifs is 1. The fourth-order valence-electron chi connectivity index (χ4n) is 3.55. The molecule has 0 aliphatic heterocycles. The topological polar surface area (TPSA) is 64.6 Å². The van der Waals surface area contributed by atoms with E-state index in [-0.39, 0.29) is 18.6 Å². The molecule has 0 saturated carbocycles. The maximum absolute atomic E-state index is 12.3. The van der Waals surface area contributed by atoms with Gasteiger partial charge in [-0.05, 0) is 49.3 Å². The number of nitrogens with one attached hydrogen (secondary N) is 1. The molecule has 152 valence electrons. The maximum Gasteiger partial charge on any atom is 0.407 e. The van der Waals surface area contributed by atoms with Crippen LogP contribution in [0.15, 0.2) is 66.2 Å². The molecule has 3 rings (SSSR count). The molecular weight excluding hydrogens is 366 g/mol. The van der Waals surface area contributed by atoms with E-state index >= 15 is 0 Å². The summed E-state index contributed by atoms with van der Waals surface area (Å²) in [5, 5.41) is 2.97. The molecular formula is C24H27NO4. The molecule has 1 unspecified atom stereocenters. The van der Waals surface area contributed by atoms with E-state index in [1.807, 2.05) is 42.5 Å². The lowest BCUT2D eigenvalue weighted by Crippen LogP contribution is -2.36. The van der Waals surface area contributed by atoms with Gasteiger partial charge in [-0.1, -0.05) is 60.2 Å². The second-order valence-corrected chi connectivity index (χ2v) is 7.15. The van der Waals surface area contributed by atoms with E-state index in [4.69, 9.17) is 9.47 Å². The Bertz CT molecular complexity index is 860. The van der Waals surface area contributed by atoms with Crippen molar-refractivity contribution in [2.75, 3.05) is 6.61 Å². The van der Waals surface area contributed by atoms with E-state index in [0.29, 0.717) is 19.4 Å². The van der Waals surface area contributed by atoms with E-state index in [9.17, 15) is 9.59 Å². The second-order valence-electron chi connectivity index (χ2n) is 7.15. The maximum atomic E-state index is 12.3. The summed E-state index contributed by atoms with van der Waals surface area (Å²) in [5.74, 6) is -0.342.